The van der Waals surface area contributed by atoms with Crippen molar-refractivity contribution in [1.82, 2.24) is 0 Å². The molecular formula is C8H16NO5S+. The summed E-state index contributed by atoms with van der Waals surface area (Å²) in [5, 5.41) is 0. The van der Waals surface area contributed by atoms with Crippen LogP contribution in [0.1, 0.15) is 0 Å². The zero-order valence-corrected chi connectivity index (χ0v) is 9.66. The van der Waals surface area contributed by atoms with E-state index in [0.717, 1.165) is 6.08 Å². The zero-order chi connectivity index (χ0) is 12.1. The third-order valence-electron chi connectivity index (χ3n) is 1.62. The number of hydrogen-bond donors (Lipinski definition) is 1. The van der Waals surface area contributed by atoms with Crippen molar-refractivity contribution in [3.05, 3.63) is 12.7 Å². The fourth-order valence-electron chi connectivity index (χ4n) is 0.958. The molecule has 0 unspecified atom stereocenters. The first-order valence-electron chi connectivity index (χ1n) is 4.23. The third kappa shape index (κ3) is 8.10. The molecule has 0 aliphatic rings. The molecular weight excluding hydrogens is 222 g/mol. The molecule has 0 bridgehead atoms. The molecule has 0 saturated heterocycles. The summed E-state index contributed by atoms with van der Waals surface area (Å²) in [6.45, 7) is 3.59. The van der Waals surface area contributed by atoms with Crippen molar-refractivity contribution in [3.63, 3.8) is 0 Å². The highest BCUT2D eigenvalue weighted by Crippen LogP contribution is 2.00. The molecule has 0 spiro atoms. The molecule has 0 aromatic heterocycles. The van der Waals surface area contributed by atoms with E-state index in [1.165, 1.54) is 0 Å². The van der Waals surface area contributed by atoms with Crippen molar-refractivity contribution < 1.29 is 27.0 Å². The number of likely N-dealkylation sites (N-methyl/N-ethyl adjacent to an activating group) is 1. The summed E-state index contributed by atoms with van der Waals surface area (Å²) in [4.78, 5) is 10.7. The number of ether oxygens (including phenoxy) is 1. The Labute approximate surface area is 89.5 Å². The van der Waals surface area contributed by atoms with Gasteiger partial charge in [0.2, 0.25) is 5.88 Å². The molecule has 0 atom stereocenters. The van der Waals surface area contributed by atoms with E-state index >= 15 is 0 Å². The molecule has 1 N–H and O–H groups in total. The van der Waals surface area contributed by atoms with E-state index in [2.05, 4.69) is 6.58 Å². The van der Waals surface area contributed by atoms with Crippen LogP contribution in [0.3, 0.4) is 0 Å². The Hall–Kier alpha value is -0.920. The molecule has 7 heteroatoms. The van der Waals surface area contributed by atoms with E-state index in [1.807, 2.05) is 0 Å². The van der Waals surface area contributed by atoms with Gasteiger partial charge in [-0.2, -0.15) is 8.42 Å². The van der Waals surface area contributed by atoms with Crippen LogP contribution in [0.4, 0.5) is 0 Å². The molecule has 0 amide bonds. The van der Waals surface area contributed by atoms with E-state index < -0.39 is 22.0 Å². The summed E-state index contributed by atoms with van der Waals surface area (Å²) in [5.74, 6) is -0.972. The summed E-state index contributed by atoms with van der Waals surface area (Å²) in [7, 11) is -0.813. The van der Waals surface area contributed by atoms with Crippen LogP contribution in [-0.4, -0.2) is 56.5 Å². The predicted octanol–water partition coefficient (Wildman–Crippen LogP) is -0.363. The van der Waals surface area contributed by atoms with Gasteiger partial charge in [0.15, 0.2) is 0 Å². The summed E-state index contributed by atoms with van der Waals surface area (Å²) < 4.78 is 34.6. The molecule has 0 aliphatic carbocycles. The Kier molecular flexibility index (Phi) is 4.92. The van der Waals surface area contributed by atoms with Gasteiger partial charge in [-0.15, -0.1) is 0 Å². The summed E-state index contributed by atoms with van der Waals surface area (Å²) >= 11 is 0. The molecule has 0 aliphatic heterocycles. The van der Waals surface area contributed by atoms with Gasteiger partial charge < -0.3 is 9.22 Å². The highest BCUT2D eigenvalue weighted by Gasteiger charge is 2.23. The van der Waals surface area contributed by atoms with Crippen LogP contribution >= 0.6 is 0 Å². The van der Waals surface area contributed by atoms with Gasteiger partial charge in [0.1, 0.15) is 13.2 Å². The fourth-order valence-corrected chi connectivity index (χ4v) is 1.97. The Morgan fingerprint density at radius 1 is 1.53 bits per heavy atom. The number of carbonyl (C=O) groups excluding carboxylic acids is 1. The predicted molar refractivity (Wildman–Crippen MR) is 54.5 cm³/mol. The van der Waals surface area contributed by atoms with Gasteiger partial charge in [-0.25, -0.2) is 4.79 Å². The maximum Gasteiger partial charge on any atom is 0.330 e. The van der Waals surface area contributed by atoms with Crippen molar-refractivity contribution in [2.24, 2.45) is 0 Å². The Morgan fingerprint density at radius 3 is 2.47 bits per heavy atom. The standard InChI is InChI=1S/C8H15NO5S/c1-4-8(10)14-6-5-9(2,3)7-15(11,12)13/h4H,1,5-7H2,2-3H3/p+1. The summed E-state index contributed by atoms with van der Waals surface area (Å²) in [6, 6.07) is 0. The summed E-state index contributed by atoms with van der Waals surface area (Å²) in [6.07, 6.45) is 1.03. The number of quaternary nitrogens is 1. The Morgan fingerprint density at radius 2 is 2.07 bits per heavy atom. The van der Waals surface area contributed by atoms with Crippen LogP contribution in [0.2, 0.25) is 0 Å². The van der Waals surface area contributed by atoms with Crippen molar-refractivity contribution >= 4 is 16.1 Å². The Bertz CT molecular complexity index is 333. The quantitative estimate of drug-likeness (QED) is 0.296. The highest BCUT2D eigenvalue weighted by molar-refractivity contribution is 7.85. The van der Waals surface area contributed by atoms with Gasteiger partial charge in [-0.3, -0.25) is 4.55 Å². The maximum atomic E-state index is 10.7. The summed E-state index contributed by atoms with van der Waals surface area (Å²) in [5.41, 5.74) is 0. The smallest absolute Gasteiger partial charge is 0.330 e. The van der Waals surface area contributed by atoms with Gasteiger partial charge in [0, 0.05) is 6.08 Å². The zero-order valence-electron chi connectivity index (χ0n) is 8.84. The molecule has 0 fully saturated rings. The first-order chi connectivity index (χ1) is 6.66. The Balaban J connectivity index is 4.05. The third-order valence-corrected chi connectivity index (χ3v) is 2.65. The first kappa shape index (κ1) is 14.1. The van der Waals surface area contributed by atoms with Crippen molar-refractivity contribution in [3.8, 4) is 0 Å². The van der Waals surface area contributed by atoms with Crippen LogP contribution in [0.15, 0.2) is 12.7 Å². The monoisotopic (exact) mass is 238 g/mol. The average Bonchev–Trinajstić information content (AvgIpc) is 1.98. The SMILES string of the molecule is C=CC(=O)OCC[N+](C)(C)CS(=O)(=O)O. The molecule has 0 saturated carbocycles. The van der Waals surface area contributed by atoms with Gasteiger partial charge in [0.25, 0.3) is 0 Å². The molecule has 6 nitrogen and oxygen atoms in total. The second-order valence-corrected chi connectivity index (χ2v) is 5.16. The lowest BCUT2D eigenvalue weighted by molar-refractivity contribution is -0.878. The maximum absolute atomic E-state index is 10.7. The van der Waals surface area contributed by atoms with Crippen LogP contribution in [0, 0.1) is 0 Å². The number of carbonyl (C=O) groups is 1. The minimum Gasteiger partial charge on any atom is -0.457 e. The van der Waals surface area contributed by atoms with E-state index in [-0.39, 0.29) is 11.1 Å². The van der Waals surface area contributed by atoms with Crippen molar-refractivity contribution in [2.45, 2.75) is 0 Å². The van der Waals surface area contributed by atoms with Crippen LogP contribution in [0.25, 0.3) is 0 Å². The number of nitrogens with zero attached hydrogens (tertiary/aromatic N) is 1. The van der Waals surface area contributed by atoms with Gasteiger partial charge in [0.05, 0.1) is 14.1 Å². The number of hydrogen-bond acceptors (Lipinski definition) is 4. The van der Waals surface area contributed by atoms with Crippen LogP contribution in [0.5, 0.6) is 0 Å². The minimum absolute atomic E-state index is 0.0171. The normalized spacial score (nSPS) is 12.2. The van der Waals surface area contributed by atoms with E-state index in [9.17, 15) is 13.2 Å². The highest BCUT2D eigenvalue weighted by atomic mass is 32.2. The minimum atomic E-state index is -4.03. The molecule has 0 rings (SSSR count). The van der Waals surface area contributed by atoms with Gasteiger partial charge in [-0.1, -0.05) is 6.58 Å². The lowest BCUT2D eigenvalue weighted by Gasteiger charge is -2.27. The molecule has 0 radical (unpaired) electrons. The topological polar surface area (TPSA) is 80.7 Å². The number of esters is 1. The average molecular weight is 238 g/mol. The second-order valence-electron chi connectivity index (χ2n) is 3.74. The molecule has 88 valence electrons. The molecule has 15 heavy (non-hydrogen) atoms. The fraction of sp³-hybridized carbons (Fsp3) is 0.625. The van der Waals surface area contributed by atoms with E-state index in [1.54, 1.807) is 14.1 Å². The number of rotatable bonds is 6. The van der Waals surface area contributed by atoms with Gasteiger partial charge in [-0.05, 0) is 0 Å². The molecule has 0 heterocycles. The van der Waals surface area contributed by atoms with Crippen molar-refractivity contribution in [2.75, 3.05) is 33.1 Å². The first-order valence-corrected chi connectivity index (χ1v) is 5.83. The van der Waals surface area contributed by atoms with E-state index in [0.29, 0.717) is 6.54 Å². The van der Waals surface area contributed by atoms with Gasteiger partial charge >= 0.3 is 16.1 Å². The van der Waals surface area contributed by atoms with E-state index in [4.69, 9.17) is 9.29 Å². The van der Waals surface area contributed by atoms with Crippen LogP contribution < -0.4 is 0 Å². The lowest BCUT2D eigenvalue weighted by atomic mass is 10.5. The lowest BCUT2D eigenvalue weighted by Crippen LogP contribution is -2.46. The second kappa shape index (κ2) is 5.24. The van der Waals surface area contributed by atoms with Crippen molar-refractivity contribution in [1.29, 1.82) is 0 Å². The molecule has 0 aromatic rings. The molecule has 0 aromatic carbocycles. The van der Waals surface area contributed by atoms with Crippen LogP contribution in [-0.2, 0) is 19.6 Å². The largest absolute Gasteiger partial charge is 0.457 e.